The average molecular weight is 368 g/mol. The maximum absolute atomic E-state index is 12.5. The van der Waals surface area contributed by atoms with Crippen LogP contribution in [0.5, 0.6) is 0 Å². The Morgan fingerprint density at radius 1 is 1.20 bits per heavy atom. The third kappa shape index (κ3) is 5.54. The van der Waals surface area contributed by atoms with Crippen molar-refractivity contribution in [1.29, 1.82) is 0 Å². The van der Waals surface area contributed by atoms with E-state index in [2.05, 4.69) is 10.0 Å². The van der Waals surface area contributed by atoms with Crippen molar-refractivity contribution in [2.45, 2.75) is 50.5 Å². The average Bonchev–Trinajstić information content (AvgIpc) is 2.55. The highest BCUT2D eigenvalue weighted by molar-refractivity contribution is 7.89. The summed E-state index contributed by atoms with van der Waals surface area (Å²) in [7, 11) is -3.68. The zero-order valence-corrected chi connectivity index (χ0v) is 15.3. The summed E-state index contributed by atoms with van der Waals surface area (Å²) in [4.78, 5) is 23.0. The number of sulfonamides is 1. The van der Waals surface area contributed by atoms with Gasteiger partial charge in [0, 0.05) is 18.7 Å². The predicted octanol–water partition coefficient (Wildman–Crippen LogP) is 2.05. The normalized spacial score (nSPS) is 20.7. The van der Waals surface area contributed by atoms with Crippen LogP contribution in [0, 0.1) is 5.92 Å². The molecule has 1 aliphatic carbocycles. The van der Waals surface area contributed by atoms with Gasteiger partial charge in [-0.2, -0.15) is 0 Å². The number of ether oxygens (including phenoxy) is 1. The highest BCUT2D eigenvalue weighted by Crippen LogP contribution is 2.27. The molecule has 1 aromatic carbocycles. The molecule has 0 bridgehead atoms. The van der Waals surface area contributed by atoms with Crippen LogP contribution >= 0.6 is 0 Å². The van der Waals surface area contributed by atoms with Gasteiger partial charge in [-0.3, -0.25) is 9.59 Å². The molecule has 1 aliphatic rings. The van der Waals surface area contributed by atoms with Gasteiger partial charge in [0.05, 0.1) is 17.4 Å². The number of anilines is 1. The fraction of sp³-hybridized carbons (Fsp3) is 0.529. The first-order valence-electron chi connectivity index (χ1n) is 8.38. The number of amides is 1. The van der Waals surface area contributed by atoms with Crippen LogP contribution in [0.3, 0.4) is 0 Å². The highest BCUT2D eigenvalue weighted by Gasteiger charge is 2.30. The molecule has 2 N–H and O–H groups in total. The van der Waals surface area contributed by atoms with Crippen molar-refractivity contribution in [1.82, 2.24) is 4.72 Å². The largest absolute Gasteiger partial charge is 0.466 e. The van der Waals surface area contributed by atoms with Crippen LogP contribution in [0.2, 0.25) is 0 Å². The third-order valence-corrected chi connectivity index (χ3v) is 5.64. The van der Waals surface area contributed by atoms with Crippen molar-refractivity contribution in [2.75, 3.05) is 11.9 Å². The van der Waals surface area contributed by atoms with Gasteiger partial charge in [-0.1, -0.05) is 6.42 Å². The zero-order chi connectivity index (χ0) is 18.4. The first-order chi connectivity index (χ1) is 11.8. The summed E-state index contributed by atoms with van der Waals surface area (Å²) in [6.45, 7) is 3.47. The zero-order valence-electron chi connectivity index (χ0n) is 14.4. The molecule has 7 nitrogen and oxygen atoms in total. The second kappa shape index (κ2) is 8.44. The topological polar surface area (TPSA) is 102 Å². The van der Waals surface area contributed by atoms with Crippen LogP contribution in [0.1, 0.15) is 39.5 Å². The van der Waals surface area contributed by atoms with Gasteiger partial charge in [0.1, 0.15) is 0 Å². The number of carbonyl (C=O) groups excluding carboxylic acids is 2. The maximum Gasteiger partial charge on any atom is 0.308 e. The lowest BCUT2D eigenvalue weighted by Crippen LogP contribution is -2.40. The lowest BCUT2D eigenvalue weighted by molar-refractivity contribution is -0.149. The van der Waals surface area contributed by atoms with Crippen molar-refractivity contribution < 1.29 is 22.7 Å². The summed E-state index contributed by atoms with van der Waals surface area (Å²) in [5.74, 6) is -0.740. The fourth-order valence-electron chi connectivity index (χ4n) is 2.98. The number of rotatable bonds is 6. The summed E-state index contributed by atoms with van der Waals surface area (Å²) in [6.07, 6.45) is 2.64. The van der Waals surface area contributed by atoms with E-state index in [1.54, 1.807) is 6.92 Å². The molecule has 0 heterocycles. The molecule has 1 saturated carbocycles. The van der Waals surface area contributed by atoms with Crippen LogP contribution < -0.4 is 10.0 Å². The molecule has 2 rings (SSSR count). The molecule has 0 aromatic heterocycles. The number of benzene rings is 1. The summed E-state index contributed by atoms with van der Waals surface area (Å²) in [5, 5.41) is 2.59. The fourth-order valence-corrected chi connectivity index (χ4v) is 4.26. The van der Waals surface area contributed by atoms with E-state index in [1.807, 2.05) is 0 Å². The Labute approximate surface area is 148 Å². The Kier molecular flexibility index (Phi) is 6.55. The van der Waals surface area contributed by atoms with Gasteiger partial charge < -0.3 is 10.1 Å². The molecule has 0 spiro atoms. The highest BCUT2D eigenvalue weighted by atomic mass is 32.2. The molecule has 25 heavy (non-hydrogen) atoms. The second-order valence-corrected chi connectivity index (χ2v) is 7.85. The van der Waals surface area contributed by atoms with Gasteiger partial charge in [0.15, 0.2) is 0 Å². The van der Waals surface area contributed by atoms with Gasteiger partial charge >= 0.3 is 5.97 Å². The van der Waals surface area contributed by atoms with Crippen LogP contribution in [-0.2, 0) is 24.3 Å². The van der Waals surface area contributed by atoms with Crippen molar-refractivity contribution >= 4 is 27.6 Å². The lowest BCUT2D eigenvalue weighted by Gasteiger charge is -2.28. The molecule has 1 fully saturated rings. The predicted molar refractivity (Wildman–Crippen MR) is 93.4 cm³/mol. The van der Waals surface area contributed by atoms with Crippen LogP contribution in [0.25, 0.3) is 0 Å². The number of esters is 1. The van der Waals surface area contributed by atoms with E-state index in [0.717, 1.165) is 12.8 Å². The van der Waals surface area contributed by atoms with Crippen LogP contribution in [-0.4, -0.2) is 32.9 Å². The van der Waals surface area contributed by atoms with Crippen LogP contribution in [0.4, 0.5) is 5.69 Å². The van der Waals surface area contributed by atoms with E-state index in [0.29, 0.717) is 25.1 Å². The standard InChI is InChI=1S/C17H24N2O5S/c1-3-24-17(21)13-5-4-6-15(11-13)19-25(22,23)16-9-7-14(8-10-16)18-12(2)20/h7-10,13,15,19H,3-6,11H2,1-2H3,(H,18,20)/t13-,15+/m0/s1. The van der Waals surface area contributed by atoms with Gasteiger partial charge in [-0.15, -0.1) is 0 Å². The van der Waals surface area contributed by atoms with Crippen LogP contribution in [0.15, 0.2) is 29.2 Å². The summed E-state index contributed by atoms with van der Waals surface area (Å²) in [6, 6.07) is 5.68. The minimum Gasteiger partial charge on any atom is -0.466 e. The Morgan fingerprint density at radius 2 is 1.88 bits per heavy atom. The van der Waals surface area contributed by atoms with Gasteiger partial charge in [0.2, 0.25) is 15.9 Å². The lowest BCUT2D eigenvalue weighted by atomic mass is 9.86. The first-order valence-corrected chi connectivity index (χ1v) is 9.86. The molecule has 8 heteroatoms. The van der Waals surface area contributed by atoms with E-state index in [9.17, 15) is 18.0 Å². The molecule has 0 aliphatic heterocycles. The molecule has 2 atom stereocenters. The Bertz CT molecular complexity index is 715. The van der Waals surface area contributed by atoms with Crippen molar-refractivity contribution in [3.63, 3.8) is 0 Å². The van der Waals surface area contributed by atoms with E-state index >= 15 is 0 Å². The Hall–Kier alpha value is -1.93. The minimum atomic E-state index is -3.68. The summed E-state index contributed by atoms with van der Waals surface area (Å²) < 4.78 is 32.8. The molecule has 0 unspecified atom stereocenters. The maximum atomic E-state index is 12.5. The second-order valence-electron chi connectivity index (χ2n) is 6.14. The molecule has 0 saturated heterocycles. The monoisotopic (exact) mass is 368 g/mol. The SMILES string of the molecule is CCOC(=O)[C@H]1CCC[C@@H](NS(=O)(=O)c2ccc(NC(C)=O)cc2)C1. The van der Waals surface area contributed by atoms with E-state index in [-0.39, 0.29) is 28.7 Å². The van der Waals surface area contributed by atoms with Crippen molar-refractivity contribution in [2.24, 2.45) is 5.92 Å². The molecule has 1 aromatic rings. The molecular formula is C17H24N2O5S. The molecule has 1 amide bonds. The van der Waals surface area contributed by atoms with Gasteiger partial charge in [0.25, 0.3) is 0 Å². The number of carbonyl (C=O) groups is 2. The van der Waals surface area contributed by atoms with Crippen molar-refractivity contribution in [3.05, 3.63) is 24.3 Å². The van der Waals surface area contributed by atoms with E-state index in [1.165, 1.54) is 31.2 Å². The number of hydrogen-bond acceptors (Lipinski definition) is 5. The quantitative estimate of drug-likeness (QED) is 0.748. The summed E-state index contributed by atoms with van der Waals surface area (Å²) >= 11 is 0. The van der Waals surface area contributed by atoms with Gasteiger partial charge in [-0.25, -0.2) is 13.1 Å². The van der Waals surface area contributed by atoms with Crippen molar-refractivity contribution in [3.8, 4) is 0 Å². The smallest absolute Gasteiger partial charge is 0.308 e. The number of nitrogens with one attached hydrogen (secondary N) is 2. The van der Waals surface area contributed by atoms with Gasteiger partial charge in [-0.05, 0) is 50.5 Å². The van der Waals surface area contributed by atoms with E-state index in [4.69, 9.17) is 4.74 Å². The molecule has 0 radical (unpaired) electrons. The third-order valence-electron chi connectivity index (χ3n) is 4.10. The Morgan fingerprint density at radius 3 is 2.48 bits per heavy atom. The minimum absolute atomic E-state index is 0.125. The Balaban J connectivity index is 2.02. The first kappa shape index (κ1) is 19.4. The number of hydrogen-bond donors (Lipinski definition) is 2. The molecular weight excluding hydrogens is 344 g/mol. The summed E-state index contributed by atoms with van der Waals surface area (Å²) in [5.41, 5.74) is 0.534. The van der Waals surface area contributed by atoms with E-state index < -0.39 is 10.0 Å². The molecule has 138 valence electrons.